The van der Waals surface area contributed by atoms with E-state index in [-0.39, 0.29) is 17.2 Å². The van der Waals surface area contributed by atoms with E-state index in [1.54, 1.807) is 12.1 Å². The van der Waals surface area contributed by atoms with Crippen molar-refractivity contribution in [1.29, 1.82) is 0 Å². The molecule has 2 N–H and O–H groups in total. The normalized spacial score (nSPS) is 28.8. The van der Waals surface area contributed by atoms with Gasteiger partial charge in [-0.05, 0) is 24.5 Å². The number of sulfone groups is 1. The smallest absolute Gasteiger partial charge is 0.179 e. The van der Waals surface area contributed by atoms with Crippen molar-refractivity contribution in [2.24, 2.45) is 5.73 Å². The minimum Gasteiger partial charge on any atom is -0.325 e. The molecule has 1 aliphatic heterocycles. The van der Waals surface area contributed by atoms with Gasteiger partial charge in [-0.2, -0.15) is 0 Å². The Hall–Kier alpha value is -0.870. The molecule has 0 spiro atoms. The van der Waals surface area contributed by atoms with Crippen molar-refractivity contribution in [3.8, 4) is 0 Å². The Kier molecular flexibility index (Phi) is 2.75. The summed E-state index contributed by atoms with van der Waals surface area (Å²) in [6, 6.07) is 7.37. The van der Waals surface area contributed by atoms with E-state index in [4.69, 9.17) is 5.73 Å². The van der Waals surface area contributed by atoms with Crippen molar-refractivity contribution in [2.45, 2.75) is 48.5 Å². The third kappa shape index (κ3) is 1.79. The van der Waals surface area contributed by atoms with Gasteiger partial charge in [0.25, 0.3) is 0 Å². The Morgan fingerprint density at radius 2 is 1.78 bits per heavy atom. The Bertz CT molecular complexity index is 559. The maximum absolute atomic E-state index is 12.2. The lowest BCUT2D eigenvalue weighted by Gasteiger charge is -2.38. The minimum atomic E-state index is -3.12. The van der Waals surface area contributed by atoms with Gasteiger partial charge in [0, 0.05) is 11.5 Å². The van der Waals surface area contributed by atoms with E-state index in [9.17, 15) is 8.42 Å². The second kappa shape index (κ2) is 4.07. The highest BCUT2D eigenvalue weighted by Crippen LogP contribution is 2.45. The van der Waals surface area contributed by atoms with Gasteiger partial charge in [0.15, 0.2) is 9.84 Å². The van der Waals surface area contributed by atoms with Crippen LogP contribution in [-0.4, -0.2) is 19.7 Å². The molecule has 1 aliphatic carbocycles. The summed E-state index contributed by atoms with van der Waals surface area (Å²) in [7, 11) is -3.12. The molecule has 0 amide bonds. The van der Waals surface area contributed by atoms with Crippen LogP contribution in [0.25, 0.3) is 0 Å². The van der Waals surface area contributed by atoms with E-state index in [0.717, 1.165) is 31.2 Å². The fourth-order valence-electron chi connectivity index (χ4n) is 3.48. The second-order valence-corrected chi connectivity index (χ2v) is 7.67. The lowest BCUT2D eigenvalue weighted by molar-refractivity contribution is 0.258. The molecule has 4 heteroatoms. The van der Waals surface area contributed by atoms with Crippen LogP contribution in [0.2, 0.25) is 0 Å². The Morgan fingerprint density at radius 1 is 1.11 bits per heavy atom. The maximum atomic E-state index is 12.2. The molecule has 1 aromatic rings. The Morgan fingerprint density at radius 3 is 2.50 bits per heavy atom. The zero-order valence-corrected chi connectivity index (χ0v) is 11.2. The van der Waals surface area contributed by atoms with Crippen LogP contribution < -0.4 is 5.73 Å². The van der Waals surface area contributed by atoms with Crippen LogP contribution in [0, 0.1) is 0 Å². The first-order chi connectivity index (χ1) is 8.53. The third-order valence-corrected chi connectivity index (χ3v) is 6.31. The number of fused-ring (bicyclic) bond motifs is 1. The molecule has 1 fully saturated rings. The highest BCUT2D eigenvalue weighted by molar-refractivity contribution is 7.91. The second-order valence-electron chi connectivity index (χ2n) is 5.67. The lowest BCUT2D eigenvalue weighted by Crippen LogP contribution is -2.48. The standard InChI is InChI=1S/C14H19NO2S/c15-14(8-4-1-5-9-14)12-10-18(16,17)13-7-3-2-6-11(12)13/h2-3,6-7,12H,1,4-5,8-10,15H2. The highest BCUT2D eigenvalue weighted by Gasteiger charge is 2.45. The van der Waals surface area contributed by atoms with Gasteiger partial charge in [-0.25, -0.2) is 8.42 Å². The fraction of sp³-hybridized carbons (Fsp3) is 0.571. The zero-order valence-electron chi connectivity index (χ0n) is 10.4. The van der Waals surface area contributed by atoms with Gasteiger partial charge in [0.2, 0.25) is 0 Å². The van der Waals surface area contributed by atoms with Crippen molar-refractivity contribution < 1.29 is 8.42 Å². The molecule has 3 rings (SSSR count). The summed E-state index contributed by atoms with van der Waals surface area (Å²) in [5.74, 6) is 0.182. The fourth-order valence-corrected chi connectivity index (χ4v) is 5.47. The van der Waals surface area contributed by atoms with E-state index in [1.807, 2.05) is 12.1 Å². The van der Waals surface area contributed by atoms with Gasteiger partial charge in [0.05, 0.1) is 10.6 Å². The molecule has 1 aromatic carbocycles. The summed E-state index contributed by atoms with van der Waals surface area (Å²) in [4.78, 5) is 0.505. The predicted molar refractivity (Wildman–Crippen MR) is 71.2 cm³/mol. The van der Waals surface area contributed by atoms with Crippen LogP contribution in [0.5, 0.6) is 0 Å². The summed E-state index contributed by atoms with van der Waals surface area (Å²) in [5, 5.41) is 0. The first kappa shape index (κ1) is 12.2. The minimum absolute atomic E-state index is 0.0148. The van der Waals surface area contributed by atoms with Crippen LogP contribution in [0.15, 0.2) is 29.2 Å². The summed E-state index contributed by atoms with van der Waals surface area (Å²) in [6.07, 6.45) is 5.35. The number of hydrogen-bond donors (Lipinski definition) is 1. The van der Waals surface area contributed by atoms with E-state index in [0.29, 0.717) is 4.90 Å². The third-order valence-electron chi connectivity index (χ3n) is 4.49. The first-order valence-corrected chi connectivity index (χ1v) is 8.29. The molecule has 1 unspecified atom stereocenters. The Labute approximate surface area is 108 Å². The molecule has 1 saturated carbocycles. The topological polar surface area (TPSA) is 60.2 Å². The molecular weight excluding hydrogens is 246 g/mol. The van der Waals surface area contributed by atoms with Crippen LogP contribution >= 0.6 is 0 Å². The average Bonchev–Trinajstić information content (AvgIpc) is 2.64. The molecule has 1 heterocycles. The molecule has 0 bridgehead atoms. The van der Waals surface area contributed by atoms with E-state index in [2.05, 4.69) is 0 Å². The predicted octanol–water partition coefficient (Wildman–Crippen LogP) is 2.22. The van der Waals surface area contributed by atoms with Crippen LogP contribution in [-0.2, 0) is 9.84 Å². The highest BCUT2D eigenvalue weighted by atomic mass is 32.2. The van der Waals surface area contributed by atoms with E-state index < -0.39 is 9.84 Å². The zero-order chi connectivity index (χ0) is 12.8. The van der Waals surface area contributed by atoms with Crippen molar-refractivity contribution in [2.75, 3.05) is 5.75 Å². The number of nitrogens with two attached hydrogens (primary N) is 1. The van der Waals surface area contributed by atoms with Crippen LogP contribution in [0.1, 0.15) is 43.6 Å². The van der Waals surface area contributed by atoms with Crippen molar-refractivity contribution in [3.63, 3.8) is 0 Å². The summed E-state index contributed by atoms with van der Waals surface area (Å²) < 4.78 is 24.4. The first-order valence-electron chi connectivity index (χ1n) is 6.63. The maximum Gasteiger partial charge on any atom is 0.179 e. The van der Waals surface area contributed by atoms with Crippen molar-refractivity contribution in [1.82, 2.24) is 0 Å². The number of hydrogen-bond acceptors (Lipinski definition) is 3. The number of benzene rings is 1. The van der Waals surface area contributed by atoms with Gasteiger partial charge >= 0.3 is 0 Å². The summed E-state index contributed by atoms with van der Waals surface area (Å²) >= 11 is 0. The van der Waals surface area contributed by atoms with Gasteiger partial charge in [-0.15, -0.1) is 0 Å². The summed E-state index contributed by atoms with van der Waals surface area (Å²) in [6.45, 7) is 0. The quantitative estimate of drug-likeness (QED) is 0.847. The van der Waals surface area contributed by atoms with Gasteiger partial charge in [0.1, 0.15) is 0 Å². The molecular formula is C14H19NO2S. The molecule has 98 valence electrons. The number of rotatable bonds is 1. The van der Waals surface area contributed by atoms with Gasteiger partial charge < -0.3 is 5.73 Å². The van der Waals surface area contributed by atoms with Crippen LogP contribution in [0.3, 0.4) is 0 Å². The van der Waals surface area contributed by atoms with Gasteiger partial charge in [-0.1, -0.05) is 37.5 Å². The summed E-state index contributed by atoms with van der Waals surface area (Å²) in [5.41, 5.74) is 7.16. The van der Waals surface area contributed by atoms with Crippen molar-refractivity contribution >= 4 is 9.84 Å². The molecule has 1 atom stereocenters. The largest absolute Gasteiger partial charge is 0.325 e. The molecule has 0 aromatic heterocycles. The average molecular weight is 265 g/mol. The lowest BCUT2D eigenvalue weighted by atomic mass is 9.72. The molecule has 3 nitrogen and oxygen atoms in total. The molecule has 0 saturated heterocycles. The van der Waals surface area contributed by atoms with Crippen molar-refractivity contribution in [3.05, 3.63) is 29.8 Å². The van der Waals surface area contributed by atoms with Gasteiger partial charge in [-0.3, -0.25) is 0 Å². The molecule has 0 radical (unpaired) electrons. The SMILES string of the molecule is NC1(C2CS(=O)(=O)c3ccccc32)CCCCC1. The van der Waals surface area contributed by atoms with E-state index in [1.165, 1.54) is 6.42 Å². The molecule has 2 aliphatic rings. The monoisotopic (exact) mass is 265 g/mol. The Balaban J connectivity index is 2.06. The molecule has 18 heavy (non-hydrogen) atoms. The van der Waals surface area contributed by atoms with E-state index >= 15 is 0 Å². The van der Waals surface area contributed by atoms with Crippen LogP contribution in [0.4, 0.5) is 0 Å².